The first-order chi connectivity index (χ1) is 11.7. The van der Waals surface area contributed by atoms with Crippen LogP contribution in [0.25, 0.3) is 0 Å². The van der Waals surface area contributed by atoms with Crippen LogP contribution < -0.4 is 10.6 Å². The van der Waals surface area contributed by atoms with Crippen molar-refractivity contribution in [1.29, 1.82) is 0 Å². The fourth-order valence-corrected chi connectivity index (χ4v) is 3.17. The predicted octanol–water partition coefficient (Wildman–Crippen LogP) is 2.51. The van der Waals surface area contributed by atoms with Gasteiger partial charge in [-0.25, -0.2) is 0 Å². The Morgan fingerprint density at radius 2 is 1.76 bits per heavy atom. The summed E-state index contributed by atoms with van der Waals surface area (Å²) in [6.07, 6.45) is 2.80. The number of halogens is 1. The molecule has 6 heteroatoms. The summed E-state index contributed by atoms with van der Waals surface area (Å²) in [5, 5.41) is 6.77. The minimum Gasteiger partial charge on any atom is -0.373 e. The molecule has 0 amide bonds. The third-order valence-corrected chi connectivity index (χ3v) is 4.21. The van der Waals surface area contributed by atoms with Gasteiger partial charge in [0, 0.05) is 39.8 Å². The van der Waals surface area contributed by atoms with Crippen molar-refractivity contribution < 1.29 is 4.74 Å². The third-order valence-electron chi connectivity index (χ3n) is 4.21. The topological polar surface area (TPSA) is 48.9 Å². The number of ether oxygens (including phenoxy) is 1. The summed E-state index contributed by atoms with van der Waals surface area (Å²) in [6, 6.07) is 10.5. The Morgan fingerprint density at radius 1 is 1.12 bits per heavy atom. The highest BCUT2D eigenvalue weighted by Crippen LogP contribution is 2.10. The van der Waals surface area contributed by atoms with Gasteiger partial charge in [0.1, 0.15) is 0 Å². The zero-order valence-corrected chi connectivity index (χ0v) is 18.0. The molecule has 5 nitrogen and oxygen atoms in total. The van der Waals surface area contributed by atoms with Crippen LogP contribution in [0.15, 0.2) is 35.3 Å². The van der Waals surface area contributed by atoms with Crippen molar-refractivity contribution in [1.82, 2.24) is 15.5 Å². The van der Waals surface area contributed by atoms with E-state index in [0.29, 0.717) is 12.2 Å². The van der Waals surface area contributed by atoms with E-state index >= 15 is 0 Å². The Balaban J connectivity index is 0.00000312. The van der Waals surface area contributed by atoms with Crippen molar-refractivity contribution in [2.75, 3.05) is 39.8 Å². The average molecular weight is 460 g/mol. The van der Waals surface area contributed by atoms with Crippen LogP contribution in [0.2, 0.25) is 0 Å². The van der Waals surface area contributed by atoms with Gasteiger partial charge < -0.3 is 15.4 Å². The first-order valence-electron chi connectivity index (χ1n) is 9.03. The van der Waals surface area contributed by atoms with Gasteiger partial charge in [-0.2, -0.15) is 0 Å². The maximum atomic E-state index is 5.77. The third kappa shape index (κ3) is 8.87. The predicted molar refractivity (Wildman–Crippen MR) is 116 cm³/mol. The fraction of sp³-hybridized carbons (Fsp3) is 0.632. The van der Waals surface area contributed by atoms with Crippen LogP contribution in [0.4, 0.5) is 0 Å². The van der Waals surface area contributed by atoms with Crippen LogP contribution in [0.1, 0.15) is 25.8 Å². The van der Waals surface area contributed by atoms with E-state index < -0.39 is 0 Å². The molecule has 1 aromatic rings. The van der Waals surface area contributed by atoms with E-state index in [1.54, 1.807) is 0 Å². The number of nitrogens with one attached hydrogen (secondary N) is 2. The molecule has 1 heterocycles. The van der Waals surface area contributed by atoms with E-state index in [1.165, 1.54) is 5.56 Å². The summed E-state index contributed by atoms with van der Waals surface area (Å²) in [4.78, 5) is 6.78. The van der Waals surface area contributed by atoms with Gasteiger partial charge in [0.15, 0.2) is 5.96 Å². The van der Waals surface area contributed by atoms with Crippen molar-refractivity contribution in [2.45, 2.75) is 38.9 Å². The summed E-state index contributed by atoms with van der Waals surface area (Å²) >= 11 is 0. The molecule has 1 fully saturated rings. The van der Waals surface area contributed by atoms with Gasteiger partial charge in [0.2, 0.25) is 0 Å². The minimum absolute atomic E-state index is 0. The Labute approximate surface area is 169 Å². The standard InChI is InChI=1S/C19H32N4O.HI/c1-16-14-23(15-17(2)24-16)13-7-11-21-19(20-3)22-12-10-18-8-5-4-6-9-18;/h4-6,8-9,16-17H,7,10-15H2,1-3H3,(H2,20,21,22);1H. The fourth-order valence-electron chi connectivity index (χ4n) is 3.17. The number of nitrogens with zero attached hydrogens (tertiary/aromatic N) is 2. The van der Waals surface area contributed by atoms with Gasteiger partial charge in [-0.1, -0.05) is 30.3 Å². The molecular weight excluding hydrogens is 427 g/mol. The number of guanidine groups is 1. The van der Waals surface area contributed by atoms with Gasteiger partial charge in [0.05, 0.1) is 12.2 Å². The highest BCUT2D eigenvalue weighted by atomic mass is 127. The molecule has 0 aromatic heterocycles. The Kier molecular flexibility index (Phi) is 11.1. The quantitative estimate of drug-likeness (QED) is 0.284. The van der Waals surface area contributed by atoms with Crippen molar-refractivity contribution in [3.63, 3.8) is 0 Å². The second-order valence-electron chi connectivity index (χ2n) is 6.53. The maximum Gasteiger partial charge on any atom is 0.190 e. The van der Waals surface area contributed by atoms with E-state index in [2.05, 4.69) is 58.6 Å². The van der Waals surface area contributed by atoms with Crippen LogP contribution in [-0.2, 0) is 11.2 Å². The molecule has 1 aliphatic rings. The lowest BCUT2D eigenvalue weighted by molar-refractivity contribution is -0.0679. The number of aliphatic imine (C=N–C) groups is 1. The second-order valence-corrected chi connectivity index (χ2v) is 6.53. The number of hydrogen-bond donors (Lipinski definition) is 2. The number of morpholine rings is 1. The van der Waals surface area contributed by atoms with Crippen molar-refractivity contribution in [3.05, 3.63) is 35.9 Å². The van der Waals surface area contributed by atoms with Crippen LogP contribution in [0.5, 0.6) is 0 Å². The van der Waals surface area contributed by atoms with E-state index in [0.717, 1.165) is 51.5 Å². The van der Waals surface area contributed by atoms with E-state index in [4.69, 9.17) is 4.74 Å². The highest BCUT2D eigenvalue weighted by molar-refractivity contribution is 14.0. The van der Waals surface area contributed by atoms with Crippen LogP contribution in [0.3, 0.4) is 0 Å². The average Bonchev–Trinajstić information content (AvgIpc) is 2.57. The molecular formula is C19H33IN4O. The molecule has 1 aliphatic heterocycles. The molecule has 0 aliphatic carbocycles. The monoisotopic (exact) mass is 460 g/mol. The minimum atomic E-state index is 0. The molecule has 25 heavy (non-hydrogen) atoms. The first-order valence-corrected chi connectivity index (χ1v) is 9.03. The van der Waals surface area contributed by atoms with Crippen molar-refractivity contribution in [2.24, 2.45) is 4.99 Å². The number of benzene rings is 1. The van der Waals surface area contributed by atoms with Gasteiger partial charge in [0.25, 0.3) is 0 Å². The summed E-state index contributed by atoms with van der Waals surface area (Å²) in [7, 11) is 1.82. The molecule has 0 spiro atoms. The highest BCUT2D eigenvalue weighted by Gasteiger charge is 2.21. The smallest absolute Gasteiger partial charge is 0.190 e. The Hall–Kier alpha value is -0.860. The lowest BCUT2D eigenvalue weighted by atomic mass is 10.1. The summed E-state index contributed by atoms with van der Waals surface area (Å²) in [5.74, 6) is 0.884. The molecule has 2 unspecified atom stereocenters. The molecule has 142 valence electrons. The van der Waals surface area contributed by atoms with E-state index in [1.807, 2.05) is 13.1 Å². The molecule has 0 saturated carbocycles. The molecule has 2 rings (SSSR count). The molecule has 1 saturated heterocycles. The number of rotatable bonds is 7. The van der Waals surface area contributed by atoms with Gasteiger partial charge in [-0.3, -0.25) is 9.89 Å². The Bertz CT molecular complexity index is 487. The molecule has 2 N–H and O–H groups in total. The molecule has 1 aromatic carbocycles. The van der Waals surface area contributed by atoms with E-state index in [-0.39, 0.29) is 24.0 Å². The summed E-state index contributed by atoms with van der Waals surface area (Å²) in [6.45, 7) is 9.31. The number of hydrogen-bond acceptors (Lipinski definition) is 3. The normalized spacial score (nSPS) is 21.5. The van der Waals surface area contributed by atoms with Gasteiger partial charge >= 0.3 is 0 Å². The lowest BCUT2D eigenvalue weighted by Crippen LogP contribution is -2.46. The summed E-state index contributed by atoms with van der Waals surface area (Å²) < 4.78 is 5.77. The molecule has 0 radical (unpaired) electrons. The van der Waals surface area contributed by atoms with Crippen molar-refractivity contribution in [3.8, 4) is 0 Å². The Morgan fingerprint density at radius 3 is 2.40 bits per heavy atom. The maximum absolute atomic E-state index is 5.77. The largest absolute Gasteiger partial charge is 0.373 e. The zero-order valence-electron chi connectivity index (χ0n) is 15.7. The van der Waals surface area contributed by atoms with Gasteiger partial charge in [-0.05, 0) is 32.3 Å². The molecule has 2 atom stereocenters. The molecule has 0 bridgehead atoms. The zero-order chi connectivity index (χ0) is 17.2. The van der Waals surface area contributed by atoms with Crippen LogP contribution >= 0.6 is 24.0 Å². The SMILES string of the molecule is CN=C(NCCCN1CC(C)OC(C)C1)NCCc1ccccc1.I. The first kappa shape index (κ1) is 22.2. The van der Waals surface area contributed by atoms with Crippen LogP contribution in [0, 0.1) is 0 Å². The van der Waals surface area contributed by atoms with Gasteiger partial charge in [-0.15, -0.1) is 24.0 Å². The van der Waals surface area contributed by atoms with Crippen molar-refractivity contribution >= 4 is 29.9 Å². The van der Waals surface area contributed by atoms with E-state index in [9.17, 15) is 0 Å². The second kappa shape index (κ2) is 12.5. The van der Waals surface area contributed by atoms with Crippen LogP contribution in [-0.4, -0.2) is 62.8 Å². The summed E-state index contributed by atoms with van der Waals surface area (Å²) in [5.41, 5.74) is 1.34. The lowest BCUT2D eigenvalue weighted by Gasteiger charge is -2.35.